The van der Waals surface area contributed by atoms with E-state index in [0.29, 0.717) is 5.25 Å². The molecule has 0 radical (unpaired) electrons. The lowest BCUT2D eigenvalue weighted by Crippen LogP contribution is -2.02. The largest absolute Gasteiger partial charge is 0.378 e. The molecule has 0 aliphatic heterocycles. The predicted molar refractivity (Wildman–Crippen MR) is 84.1 cm³/mol. The SMILES string of the molecule is Cc1cccc(C)c1NCc1nnc(SC(C)C)s1. The number of rotatable bonds is 5. The van der Waals surface area contributed by atoms with Gasteiger partial charge >= 0.3 is 0 Å². The first-order valence-corrected chi connectivity index (χ1v) is 8.05. The fourth-order valence-corrected chi connectivity index (χ4v) is 3.88. The van der Waals surface area contributed by atoms with E-state index in [1.54, 1.807) is 23.1 Å². The summed E-state index contributed by atoms with van der Waals surface area (Å²) in [5.74, 6) is 0. The first-order chi connectivity index (χ1) is 9.06. The normalized spacial score (nSPS) is 11.0. The maximum Gasteiger partial charge on any atom is 0.174 e. The molecule has 0 saturated carbocycles. The Morgan fingerprint density at radius 1 is 1.21 bits per heavy atom. The minimum atomic E-state index is 0.548. The molecule has 1 aromatic carbocycles. The Labute approximate surface area is 122 Å². The number of para-hydroxylation sites is 1. The number of nitrogens with one attached hydrogen (secondary N) is 1. The van der Waals surface area contributed by atoms with Gasteiger partial charge < -0.3 is 5.32 Å². The lowest BCUT2D eigenvalue weighted by atomic mass is 10.1. The van der Waals surface area contributed by atoms with Crippen LogP contribution in [0.3, 0.4) is 0 Å². The van der Waals surface area contributed by atoms with Crippen LogP contribution in [0, 0.1) is 13.8 Å². The predicted octanol–water partition coefficient (Wildman–Crippen LogP) is 4.27. The zero-order valence-corrected chi connectivity index (χ0v) is 13.4. The Hall–Kier alpha value is -1.07. The van der Waals surface area contributed by atoms with Crippen LogP contribution < -0.4 is 5.32 Å². The highest BCUT2D eigenvalue weighted by atomic mass is 32.2. The summed E-state index contributed by atoms with van der Waals surface area (Å²) in [6.45, 7) is 9.31. The maximum absolute atomic E-state index is 4.23. The van der Waals surface area contributed by atoms with Crippen molar-refractivity contribution in [3.05, 3.63) is 34.3 Å². The first kappa shape index (κ1) is 14.3. The van der Waals surface area contributed by atoms with E-state index < -0.39 is 0 Å². The van der Waals surface area contributed by atoms with Crippen molar-refractivity contribution in [3.8, 4) is 0 Å². The third kappa shape index (κ3) is 3.94. The molecule has 0 aliphatic rings. The standard InChI is InChI=1S/C14H19N3S2/c1-9(2)18-14-17-16-12(19-14)8-15-13-10(3)6-5-7-11(13)4/h5-7,9,15H,8H2,1-4H3. The van der Waals surface area contributed by atoms with Crippen LogP contribution in [-0.2, 0) is 6.54 Å². The van der Waals surface area contributed by atoms with Gasteiger partial charge in [-0.1, -0.05) is 55.1 Å². The molecule has 0 aliphatic carbocycles. The smallest absolute Gasteiger partial charge is 0.174 e. The van der Waals surface area contributed by atoms with Gasteiger partial charge in [0.1, 0.15) is 5.01 Å². The molecule has 3 nitrogen and oxygen atoms in total. The summed E-state index contributed by atoms with van der Waals surface area (Å²) in [5, 5.41) is 13.5. The van der Waals surface area contributed by atoms with Crippen molar-refractivity contribution in [2.45, 2.75) is 43.8 Å². The molecule has 5 heteroatoms. The van der Waals surface area contributed by atoms with Gasteiger partial charge in [-0.25, -0.2) is 0 Å². The Bertz CT molecular complexity index is 529. The maximum atomic E-state index is 4.23. The zero-order chi connectivity index (χ0) is 13.8. The summed E-state index contributed by atoms with van der Waals surface area (Å²) in [5.41, 5.74) is 3.73. The van der Waals surface area contributed by atoms with Crippen molar-refractivity contribution in [1.82, 2.24) is 10.2 Å². The Kier molecular flexibility index (Phi) is 4.82. The molecule has 0 amide bonds. The molecule has 0 atom stereocenters. The van der Waals surface area contributed by atoms with Crippen molar-refractivity contribution in [1.29, 1.82) is 0 Å². The van der Waals surface area contributed by atoms with Crippen molar-refractivity contribution in [2.24, 2.45) is 0 Å². The number of anilines is 1. The van der Waals surface area contributed by atoms with Gasteiger partial charge in [-0.2, -0.15) is 0 Å². The molecule has 102 valence electrons. The fraction of sp³-hybridized carbons (Fsp3) is 0.429. The number of aryl methyl sites for hydroxylation is 2. The highest BCUT2D eigenvalue weighted by Gasteiger charge is 2.08. The van der Waals surface area contributed by atoms with Crippen LogP contribution >= 0.6 is 23.1 Å². The van der Waals surface area contributed by atoms with Crippen LogP contribution in [0.5, 0.6) is 0 Å². The highest BCUT2D eigenvalue weighted by Crippen LogP contribution is 2.27. The topological polar surface area (TPSA) is 37.8 Å². The van der Waals surface area contributed by atoms with Gasteiger partial charge in [0.05, 0.1) is 6.54 Å². The van der Waals surface area contributed by atoms with Crippen LogP contribution in [-0.4, -0.2) is 15.4 Å². The zero-order valence-electron chi connectivity index (χ0n) is 11.7. The number of hydrogen-bond acceptors (Lipinski definition) is 5. The molecule has 0 fully saturated rings. The molecular weight excluding hydrogens is 274 g/mol. The third-order valence-electron chi connectivity index (χ3n) is 2.68. The molecular formula is C14H19N3S2. The second-order valence-electron chi connectivity index (χ2n) is 4.75. The van der Waals surface area contributed by atoms with Gasteiger partial charge in [-0.05, 0) is 25.0 Å². The molecule has 19 heavy (non-hydrogen) atoms. The van der Waals surface area contributed by atoms with Gasteiger partial charge in [0.15, 0.2) is 4.34 Å². The molecule has 1 heterocycles. The molecule has 0 saturated heterocycles. The number of hydrogen-bond donors (Lipinski definition) is 1. The third-order valence-corrected chi connectivity index (χ3v) is 4.69. The number of benzene rings is 1. The number of thioether (sulfide) groups is 1. The van der Waals surface area contributed by atoms with Crippen molar-refractivity contribution in [2.75, 3.05) is 5.32 Å². The van der Waals surface area contributed by atoms with E-state index in [4.69, 9.17) is 0 Å². The van der Waals surface area contributed by atoms with Crippen LogP contribution in [0.2, 0.25) is 0 Å². The average Bonchev–Trinajstić information content (AvgIpc) is 2.75. The summed E-state index contributed by atoms with van der Waals surface area (Å²) in [6.07, 6.45) is 0. The summed E-state index contributed by atoms with van der Waals surface area (Å²) in [4.78, 5) is 0. The minimum Gasteiger partial charge on any atom is -0.378 e. The van der Waals surface area contributed by atoms with Crippen LogP contribution in [0.15, 0.2) is 22.5 Å². The Morgan fingerprint density at radius 3 is 2.53 bits per heavy atom. The lowest BCUT2D eigenvalue weighted by Gasteiger charge is -2.10. The molecule has 2 aromatic rings. The number of aromatic nitrogens is 2. The van der Waals surface area contributed by atoms with E-state index in [-0.39, 0.29) is 0 Å². The molecule has 0 unspecified atom stereocenters. The second-order valence-corrected chi connectivity index (χ2v) is 7.63. The second kappa shape index (κ2) is 6.39. The molecule has 1 aromatic heterocycles. The van der Waals surface area contributed by atoms with Gasteiger partial charge in [0, 0.05) is 10.9 Å². The molecule has 0 bridgehead atoms. The van der Waals surface area contributed by atoms with Gasteiger partial charge in [-0.3, -0.25) is 0 Å². The lowest BCUT2D eigenvalue weighted by molar-refractivity contribution is 0.943. The summed E-state index contributed by atoms with van der Waals surface area (Å²) >= 11 is 3.43. The van der Waals surface area contributed by atoms with Crippen LogP contribution in [0.25, 0.3) is 0 Å². The summed E-state index contributed by atoms with van der Waals surface area (Å²) < 4.78 is 1.05. The monoisotopic (exact) mass is 293 g/mol. The van der Waals surface area contributed by atoms with E-state index in [9.17, 15) is 0 Å². The highest BCUT2D eigenvalue weighted by molar-refractivity contribution is 8.01. The summed E-state index contributed by atoms with van der Waals surface area (Å²) in [7, 11) is 0. The number of nitrogens with zero attached hydrogens (tertiary/aromatic N) is 2. The van der Waals surface area contributed by atoms with E-state index in [2.05, 4.69) is 61.4 Å². The van der Waals surface area contributed by atoms with Crippen LogP contribution in [0.1, 0.15) is 30.0 Å². The van der Waals surface area contributed by atoms with Crippen molar-refractivity contribution in [3.63, 3.8) is 0 Å². The van der Waals surface area contributed by atoms with Crippen LogP contribution in [0.4, 0.5) is 5.69 Å². The van der Waals surface area contributed by atoms with Gasteiger partial charge in [0.25, 0.3) is 0 Å². The molecule has 1 N–H and O–H groups in total. The van der Waals surface area contributed by atoms with E-state index in [0.717, 1.165) is 15.9 Å². The summed E-state index contributed by atoms with van der Waals surface area (Å²) in [6, 6.07) is 6.32. The Morgan fingerprint density at radius 2 is 1.89 bits per heavy atom. The average molecular weight is 293 g/mol. The molecule has 0 spiro atoms. The minimum absolute atomic E-state index is 0.548. The van der Waals surface area contributed by atoms with Gasteiger partial charge in [0.2, 0.25) is 0 Å². The first-order valence-electron chi connectivity index (χ1n) is 6.35. The molecule has 2 rings (SSSR count). The fourth-order valence-electron chi connectivity index (χ4n) is 1.82. The quantitative estimate of drug-likeness (QED) is 0.836. The Balaban J connectivity index is 2.01. The van der Waals surface area contributed by atoms with Gasteiger partial charge in [-0.15, -0.1) is 10.2 Å². The van der Waals surface area contributed by atoms with E-state index in [1.165, 1.54) is 16.8 Å². The van der Waals surface area contributed by atoms with Crippen molar-refractivity contribution >= 4 is 28.8 Å². The van der Waals surface area contributed by atoms with E-state index in [1.807, 2.05) is 0 Å². The van der Waals surface area contributed by atoms with E-state index >= 15 is 0 Å². The van der Waals surface area contributed by atoms with Crippen molar-refractivity contribution < 1.29 is 0 Å².